The van der Waals surface area contributed by atoms with Crippen LogP contribution in [0.1, 0.15) is 38.3 Å². The minimum Gasteiger partial charge on any atom is -0.324 e. The second-order valence-corrected chi connectivity index (χ2v) is 6.11. The Morgan fingerprint density at radius 1 is 1.06 bits per heavy atom. The standard InChI is InChI=1S/C12H17Br2N.ClH/c1-8(2)3-4-12(15)9-5-10(13)7-11(14)6-9;/h5-8,12H,3-4,15H2,1-2H3;1H/t12-;/m1./s1. The molecule has 0 aromatic heterocycles. The van der Waals surface area contributed by atoms with Crippen molar-refractivity contribution >= 4 is 44.3 Å². The zero-order valence-corrected chi connectivity index (χ0v) is 13.5. The van der Waals surface area contributed by atoms with E-state index in [4.69, 9.17) is 5.73 Å². The maximum absolute atomic E-state index is 6.14. The summed E-state index contributed by atoms with van der Waals surface area (Å²) in [6.45, 7) is 4.45. The summed E-state index contributed by atoms with van der Waals surface area (Å²) in [6.07, 6.45) is 2.21. The van der Waals surface area contributed by atoms with Gasteiger partial charge in [0.05, 0.1) is 0 Å². The van der Waals surface area contributed by atoms with E-state index in [1.165, 1.54) is 12.0 Å². The molecule has 0 aliphatic carbocycles. The summed E-state index contributed by atoms with van der Waals surface area (Å²) < 4.78 is 2.15. The van der Waals surface area contributed by atoms with Crippen LogP contribution in [0, 0.1) is 5.92 Å². The van der Waals surface area contributed by atoms with Crippen molar-refractivity contribution in [1.29, 1.82) is 0 Å². The third-order valence-corrected chi connectivity index (χ3v) is 3.28. The Hall–Kier alpha value is 0.430. The lowest BCUT2D eigenvalue weighted by molar-refractivity contribution is 0.507. The smallest absolute Gasteiger partial charge is 0.0295 e. The van der Waals surface area contributed by atoms with Gasteiger partial charge in [-0.2, -0.15) is 0 Å². The van der Waals surface area contributed by atoms with Crippen molar-refractivity contribution in [2.24, 2.45) is 11.7 Å². The summed E-state index contributed by atoms with van der Waals surface area (Å²) in [5, 5.41) is 0. The average molecular weight is 372 g/mol. The molecule has 0 spiro atoms. The van der Waals surface area contributed by atoms with E-state index in [1.54, 1.807) is 0 Å². The van der Waals surface area contributed by atoms with Gasteiger partial charge in [0, 0.05) is 15.0 Å². The fourth-order valence-corrected chi connectivity index (χ4v) is 2.80. The van der Waals surface area contributed by atoms with Gasteiger partial charge < -0.3 is 5.73 Å². The van der Waals surface area contributed by atoms with Crippen LogP contribution in [0.4, 0.5) is 0 Å². The molecule has 0 heterocycles. The molecule has 0 bridgehead atoms. The first-order valence-electron chi connectivity index (χ1n) is 5.20. The topological polar surface area (TPSA) is 26.0 Å². The highest BCUT2D eigenvalue weighted by Gasteiger charge is 2.08. The molecule has 16 heavy (non-hydrogen) atoms. The molecular formula is C12H18Br2ClN. The van der Waals surface area contributed by atoms with E-state index in [-0.39, 0.29) is 18.4 Å². The molecule has 1 aromatic rings. The number of hydrogen-bond acceptors (Lipinski definition) is 1. The van der Waals surface area contributed by atoms with Gasteiger partial charge in [-0.1, -0.05) is 45.7 Å². The third kappa shape index (κ3) is 5.67. The van der Waals surface area contributed by atoms with Crippen LogP contribution >= 0.6 is 44.3 Å². The van der Waals surface area contributed by atoms with E-state index < -0.39 is 0 Å². The average Bonchev–Trinajstić information content (AvgIpc) is 2.12. The predicted octanol–water partition coefficient (Wildman–Crippen LogP) is 5.07. The van der Waals surface area contributed by atoms with E-state index in [9.17, 15) is 0 Å². The lowest BCUT2D eigenvalue weighted by Crippen LogP contribution is -2.11. The molecule has 0 saturated carbocycles. The molecule has 1 atom stereocenters. The first-order valence-corrected chi connectivity index (χ1v) is 6.79. The van der Waals surface area contributed by atoms with Crippen molar-refractivity contribution in [1.82, 2.24) is 0 Å². The third-order valence-electron chi connectivity index (χ3n) is 2.37. The van der Waals surface area contributed by atoms with Crippen LogP contribution in [-0.2, 0) is 0 Å². The molecule has 1 nitrogen and oxygen atoms in total. The Bertz CT molecular complexity index is 309. The monoisotopic (exact) mass is 369 g/mol. The zero-order chi connectivity index (χ0) is 11.4. The van der Waals surface area contributed by atoms with E-state index in [0.29, 0.717) is 5.92 Å². The van der Waals surface area contributed by atoms with Crippen LogP contribution in [0.25, 0.3) is 0 Å². The number of nitrogens with two attached hydrogens (primary N) is 1. The summed E-state index contributed by atoms with van der Waals surface area (Å²) in [5.41, 5.74) is 7.33. The summed E-state index contributed by atoms with van der Waals surface area (Å²) in [5.74, 6) is 0.714. The van der Waals surface area contributed by atoms with Crippen molar-refractivity contribution in [3.05, 3.63) is 32.7 Å². The zero-order valence-electron chi connectivity index (χ0n) is 9.54. The van der Waals surface area contributed by atoms with Crippen molar-refractivity contribution in [3.63, 3.8) is 0 Å². The Morgan fingerprint density at radius 3 is 2.00 bits per heavy atom. The molecule has 2 N–H and O–H groups in total. The molecule has 92 valence electrons. The molecule has 0 radical (unpaired) electrons. The molecule has 0 unspecified atom stereocenters. The molecule has 0 aliphatic rings. The Balaban J connectivity index is 0.00000225. The second kappa shape index (κ2) is 7.70. The van der Waals surface area contributed by atoms with Gasteiger partial charge in [0.15, 0.2) is 0 Å². The highest BCUT2D eigenvalue weighted by molar-refractivity contribution is 9.11. The van der Waals surface area contributed by atoms with Gasteiger partial charge in [0.1, 0.15) is 0 Å². The minimum absolute atomic E-state index is 0. The van der Waals surface area contributed by atoms with Gasteiger partial charge in [-0.05, 0) is 42.5 Å². The van der Waals surface area contributed by atoms with Crippen molar-refractivity contribution in [2.45, 2.75) is 32.7 Å². The van der Waals surface area contributed by atoms with Crippen molar-refractivity contribution < 1.29 is 0 Å². The lowest BCUT2D eigenvalue weighted by atomic mass is 9.98. The quantitative estimate of drug-likeness (QED) is 0.786. The van der Waals surface area contributed by atoms with Gasteiger partial charge in [0.2, 0.25) is 0 Å². The molecular weight excluding hydrogens is 353 g/mol. The number of rotatable bonds is 4. The second-order valence-electron chi connectivity index (χ2n) is 4.28. The Kier molecular flexibility index (Phi) is 7.90. The van der Waals surface area contributed by atoms with E-state index in [0.717, 1.165) is 15.4 Å². The molecule has 1 aromatic carbocycles. The summed E-state index contributed by atoms with van der Waals surface area (Å²) in [4.78, 5) is 0. The number of halogens is 3. The van der Waals surface area contributed by atoms with Crippen LogP contribution in [0.2, 0.25) is 0 Å². The Morgan fingerprint density at radius 2 is 1.56 bits per heavy atom. The molecule has 0 saturated heterocycles. The number of hydrogen-bond donors (Lipinski definition) is 1. The normalized spacial score (nSPS) is 12.4. The molecule has 1 rings (SSSR count). The highest BCUT2D eigenvalue weighted by Crippen LogP contribution is 2.26. The Labute approximate surface area is 121 Å². The lowest BCUT2D eigenvalue weighted by Gasteiger charge is -2.14. The van der Waals surface area contributed by atoms with Crippen molar-refractivity contribution in [2.75, 3.05) is 0 Å². The predicted molar refractivity (Wildman–Crippen MR) is 80.1 cm³/mol. The maximum atomic E-state index is 6.14. The van der Waals surface area contributed by atoms with Crippen LogP contribution in [0.3, 0.4) is 0 Å². The first-order chi connectivity index (χ1) is 6.99. The van der Waals surface area contributed by atoms with E-state index in [1.807, 2.05) is 6.07 Å². The van der Waals surface area contributed by atoms with Gasteiger partial charge in [0.25, 0.3) is 0 Å². The van der Waals surface area contributed by atoms with E-state index in [2.05, 4.69) is 57.8 Å². The van der Waals surface area contributed by atoms with Gasteiger partial charge in [-0.15, -0.1) is 12.4 Å². The van der Waals surface area contributed by atoms with Gasteiger partial charge in [-0.25, -0.2) is 0 Å². The van der Waals surface area contributed by atoms with E-state index >= 15 is 0 Å². The molecule has 0 amide bonds. The highest BCUT2D eigenvalue weighted by atomic mass is 79.9. The summed E-state index contributed by atoms with van der Waals surface area (Å²) >= 11 is 6.95. The largest absolute Gasteiger partial charge is 0.324 e. The minimum atomic E-state index is 0. The van der Waals surface area contributed by atoms with Gasteiger partial charge in [-0.3, -0.25) is 0 Å². The van der Waals surface area contributed by atoms with Crippen LogP contribution in [0.5, 0.6) is 0 Å². The fourth-order valence-electron chi connectivity index (χ4n) is 1.47. The SMILES string of the molecule is CC(C)CC[C@@H](N)c1cc(Br)cc(Br)c1.Cl. The van der Waals surface area contributed by atoms with Crippen LogP contribution in [-0.4, -0.2) is 0 Å². The molecule has 0 aliphatic heterocycles. The van der Waals surface area contributed by atoms with Crippen LogP contribution in [0.15, 0.2) is 27.1 Å². The summed E-state index contributed by atoms with van der Waals surface area (Å²) in [6, 6.07) is 6.35. The number of benzene rings is 1. The molecule has 0 fully saturated rings. The first kappa shape index (κ1) is 16.4. The van der Waals surface area contributed by atoms with Crippen molar-refractivity contribution in [3.8, 4) is 0 Å². The van der Waals surface area contributed by atoms with Gasteiger partial charge >= 0.3 is 0 Å². The summed E-state index contributed by atoms with van der Waals surface area (Å²) in [7, 11) is 0. The maximum Gasteiger partial charge on any atom is 0.0295 e. The molecule has 4 heteroatoms. The van der Waals surface area contributed by atoms with Crippen LogP contribution < -0.4 is 5.73 Å². The fraction of sp³-hybridized carbons (Fsp3) is 0.500.